The summed E-state index contributed by atoms with van der Waals surface area (Å²) in [6.07, 6.45) is 0.908. The van der Waals surface area contributed by atoms with Crippen molar-refractivity contribution in [1.82, 2.24) is 14.8 Å². The van der Waals surface area contributed by atoms with Crippen molar-refractivity contribution in [1.29, 1.82) is 0 Å². The summed E-state index contributed by atoms with van der Waals surface area (Å²) in [5.41, 5.74) is 7.45. The number of hydrogen-bond donors (Lipinski definition) is 2. The highest BCUT2D eigenvalue weighted by Crippen LogP contribution is 2.20. The largest absolute Gasteiger partial charge is 0.399 e. The summed E-state index contributed by atoms with van der Waals surface area (Å²) in [6.45, 7) is 2.72. The van der Waals surface area contributed by atoms with Crippen LogP contribution in [0.25, 0.3) is 0 Å². The maximum Gasteiger partial charge on any atom is 0.343 e. The maximum atomic E-state index is 11.5. The SMILES string of the molecule is CCCn1c(SCc2cccc(N)c2)n[nH]c1=O. The molecule has 1 aromatic carbocycles. The Balaban J connectivity index is 2.08. The lowest BCUT2D eigenvalue weighted by Gasteiger charge is -2.04. The van der Waals surface area contributed by atoms with Crippen LogP contribution in [0, 0.1) is 0 Å². The van der Waals surface area contributed by atoms with Crippen LogP contribution in [0.5, 0.6) is 0 Å². The normalized spacial score (nSPS) is 10.7. The van der Waals surface area contributed by atoms with Gasteiger partial charge in [0.25, 0.3) is 0 Å². The topological polar surface area (TPSA) is 76.7 Å². The monoisotopic (exact) mass is 264 g/mol. The van der Waals surface area contributed by atoms with Crippen molar-refractivity contribution in [2.45, 2.75) is 30.8 Å². The number of aromatic nitrogens is 3. The summed E-state index contributed by atoms with van der Waals surface area (Å²) < 4.78 is 1.66. The quantitative estimate of drug-likeness (QED) is 0.638. The zero-order chi connectivity index (χ0) is 13.0. The van der Waals surface area contributed by atoms with Gasteiger partial charge in [-0.3, -0.25) is 4.57 Å². The second-order valence-corrected chi connectivity index (χ2v) is 4.94. The molecule has 0 atom stereocenters. The summed E-state index contributed by atoms with van der Waals surface area (Å²) in [7, 11) is 0. The maximum absolute atomic E-state index is 11.5. The van der Waals surface area contributed by atoms with Crippen molar-refractivity contribution >= 4 is 17.4 Å². The Morgan fingerprint density at radius 3 is 3.06 bits per heavy atom. The average Bonchev–Trinajstić information content (AvgIpc) is 2.69. The molecular formula is C12H16N4OS. The zero-order valence-electron chi connectivity index (χ0n) is 10.2. The number of anilines is 1. The minimum Gasteiger partial charge on any atom is -0.399 e. The number of thioether (sulfide) groups is 1. The Morgan fingerprint density at radius 2 is 2.33 bits per heavy atom. The first kappa shape index (κ1) is 12.8. The van der Waals surface area contributed by atoms with Crippen molar-refractivity contribution in [3.05, 3.63) is 40.3 Å². The van der Waals surface area contributed by atoms with Crippen LogP contribution < -0.4 is 11.4 Å². The van der Waals surface area contributed by atoms with E-state index >= 15 is 0 Å². The van der Waals surface area contributed by atoms with E-state index in [0.29, 0.717) is 6.54 Å². The molecule has 0 amide bonds. The van der Waals surface area contributed by atoms with Crippen molar-refractivity contribution in [2.24, 2.45) is 0 Å². The van der Waals surface area contributed by atoms with Crippen LogP contribution in [0.15, 0.2) is 34.2 Å². The molecule has 0 aliphatic rings. The summed E-state index contributed by atoms with van der Waals surface area (Å²) in [5, 5.41) is 7.24. The first-order chi connectivity index (χ1) is 8.70. The van der Waals surface area contributed by atoms with Crippen LogP contribution in [0.1, 0.15) is 18.9 Å². The smallest absolute Gasteiger partial charge is 0.343 e. The van der Waals surface area contributed by atoms with Gasteiger partial charge in [-0.1, -0.05) is 30.8 Å². The van der Waals surface area contributed by atoms with Crippen LogP contribution in [0.3, 0.4) is 0 Å². The first-order valence-corrected chi connectivity index (χ1v) is 6.81. The van der Waals surface area contributed by atoms with E-state index in [1.165, 1.54) is 11.8 Å². The van der Waals surface area contributed by atoms with Crippen LogP contribution in [0.4, 0.5) is 5.69 Å². The average molecular weight is 264 g/mol. The number of nitrogens with zero attached hydrogens (tertiary/aromatic N) is 2. The molecule has 2 aromatic rings. The van der Waals surface area contributed by atoms with E-state index in [2.05, 4.69) is 10.2 Å². The van der Waals surface area contributed by atoms with Crippen LogP contribution in [-0.2, 0) is 12.3 Å². The number of aromatic amines is 1. The summed E-state index contributed by atoms with van der Waals surface area (Å²) >= 11 is 1.53. The fourth-order valence-corrected chi connectivity index (χ4v) is 2.58. The highest BCUT2D eigenvalue weighted by molar-refractivity contribution is 7.98. The van der Waals surface area contributed by atoms with Crippen molar-refractivity contribution in [3.63, 3.8) is 0 Å². The lowest BCUT2D eigenvalue weighted by atomic mass is 10.2. The van der Waals surface area contributed by atoms with E-state index in [9.17, 15) is 4.79 Å². The van der Waals surface area contributed by atoms with Gasteiger partial charge in [-0.15, -0.1) is 5.10 Å². The van der Waals surface area contributed by atoms with Crippen LogP contribution in [-0.4, -0.2) is 14.8 Å². The fourth-order valence-electron chi connectivity index (χ4n) is 1.66. The molecule has 0 aliphatic carbocycles. The Bertz CT molecular complexity index is 575. The molecule has 0 saturated heterocycles. The van der Waals surface area contributed by atoms with Gasteiger partial charge in [-0.25, -0.2) is 9.89 Å². The molecule has 5 nitrogen and oxygen atoms in total. The highest BCUT2D eigenvalue weighted by atomic mass is 32.2. The second-order valence-electron chi connectivity index (χ2n) is 4.00. The Labute approximate surface area is 109 Å². The van der Waals surface area contributed by atoms with Gasteiger partial charge in [0.05, 0.1) is 0 Å². The zero-order valence-corrected chi connectivity index (χ0v) is 11.0. The van der Waals surface area contributed by atoms with E-state index in [-0.39, 0.29) is 5.69 Å². The van der Waals surface area contributed by atoms with Gasteiger partial charge in [0.15, 0.2) is 5.16 Å². The van der Waals surface area contributed by atoms with Gasteiger partial charge < -0.3 is 5.73 Å². The second kappa shape index (κ2) is 5.77. The van der Waals surface area contributed by atoms with Crippen LogP contribution in [0.2, 0.25) is 0 Å². The summed E-state index contributed by atoms with van der Waals surface area (Å²) in [6, 6.07) is 7.73. The predicted octanol–water partition coefficient (Wildman–Crippen LogP) is 1.86. The molecule has 0 fully saturated rings. The van der Waals surface area contributed by atoms with E-state index in [1.807, 2.05) is 31.2 Å². The number of nitrogens with two attached hydrogens (primary N) is 1. The first-order valence-electron chi connectivity index (χ1n) is 5.83. The number of H-pyrrole nitrogens is 1. The molecule has 18 heavy (non-hydrogen) atoms. The third-order valence-corrected chi connectivity index (χ3v) is 3.54. The van der Waals surface area contributed by atoms with Gasteiger partial charge in [0, 0.05) is 18.0 Å². The minimum absolute atomic E-state index is 0.146. The molecule has 0 spiro atoms. The molecule has 2 rings (SSSR count). The molecule has 6 heteroatoms. The number of nitrogens with one attached hydrogen (secondary N) is 1. The van der Waals surface area contributed by atoms with E-state index in [0.717, 1.165) is 28.6 Å². The predicted molar refractivity (Wildman–Crippen MR) is 73.6 cm³/mol. The van der Waals surface area contributed by atoms with Crippen molar-refractivity contribution < 1.29 is 0 Å². The van der Waals surface area contributed by atoms with Gasteiger partial charge in [-0.05, 0) is 24.1 Å². The van der Waals surface area contributed by atoms with Crippen LogP contribution >= 0.6 is 11.8 Å². The number of hydrogen-bond acceptors (Lipinski definition) is 4. The summed E-state index contributed by atoms with van der Waals surface area (Å²) in [5.74, 6) is 0.749. The van der Waals surface area contributed by atoms with E-state index in [1.54, 1.807) is 4.57 Å². The van der Waals surface area contributed by atoms with Crippen molar-refractivity contribution in [3.8, 4) is 0 Å². The lowest BCUT2D eigenvalue weighted by molar-refractivity contribution is 0.604. The minimum atomic E-state index is -0.146. The third kappa shape index (κ3) is 2.95. The molecule has 3 N–H and O–H groups in total. The molecule has 0 unspecified atom stereocenters. The standard InChI is InChI=1S/C12H16N4OS/c1-2-6-16-11(17)14-15-12(16)18-8-9-4-3-5-10(13)7-9/h3-5,7H,2,6,8,13H2,1H3,(H,14,17). The van der Waals surface area contributed by atoms with Gasteiger partial charge in [0.1, 0.15) is 0 Å². The molecule has 0 saturated carbocycles. The van der Waals surface area contributed by atoms with E-state index < -0.39 is 0 Å². The Morgan fingerprint density at radius 1 is 1.50 bits per heavy atom. The lowest BCUT2D eigenvalue weighted by Crippen LogP contribution is -2.17. The molecular weight excluding hydrogens is 248 g/mol. The molecule has 96 valence electrons. The molecule has 1 heterocycles. The Hall–Kier alpha value is -1.69. The molecule has 1 aromatic heterocycles. The fraction of sp³-hybridized carbons (Fsp3) is 0.333. The van der Waals surface area contributed by atoms with Crippen molar-refractivity contribution in [2.75, 3.05) is 5.73 Å². The number of benzene rings is 1. The number of rotatable bonds is 5. The van der Waals surface area contributed by atoms with Gasteiger partial charge >= 0.3 is 5.69 Å². The Kier molecular flexibility index (Phi) is 4.09. The molecule has 0 aliphatic heterocycles. The van der Waals surface area contributed by atoms with Gasteiger partial charge in [-0.2, -0.15) is 0 Å². The van der Waals surface area contributed by atoms with Gasteiger partial charge in [0.2, 0.25) is 0 Å². The highest BCUT2D eigenvalue weighted by Gasteiger charge is 2.08. The molecule has 0 radical (unpaired) electrons. The third-order valence-electron chi connectivity index (χ3n) is 2.49. The molecule has 0 bridgehead atoms. The van der Waals surface area contributed by atoms with E-state index in [4.69, 9.17) is 5.73 Å². The number of nitrogen functional groups attached to an aromatic ring is 1. The summed E-state index contributed by atoms with van der Waals surface area (Å²) in [4.78, 5) is 11.5.